The lowest BCUT2D eigenvalue weighted by atomic mass is 9.85. The van der Waals surface area contributed by atoms with Crippen LogP contribution in [0.5, 0.6) is 0 Å². The summed E-state index contributed by atoms with van der Waals surface area (Å²) in [6, 6.07) is 9.60. The molecule has 1 aromatic carbocycles. The van der Waals surface area contributed by atoms with E-state index in [2.05, 4.69) is 121 Å². The molecule has 0 spiro atoms. The number of likely N-dealkylation sites (tertiary alicyclic amines) is 1. The third-order valence-corrected chi connectivity index (χ3v) is 8.32. The van der Waals surface area contributed by atoms with E-state index in [1.54, 1.807) is 11.8 Å². The molecule has 2 heterocycles. The number of nitrogens with one attached hydrogen (secondary N) is 1. The molecule has 40 heavy (non-hydrogen) atoms. The second-order valence-electron chi connectivity index (χ2n) is 11.6. The molecule has 222 valence electrons. The maximum Gasteiger partial charge on any atom is 0.0613 e. The molecule has 0 radical (unpaired) electrons. The van der Waals surface area contributed by atoms with Crippen LogP contribution >= 0.6 is 11.8 Å². The van der Waals surface area contributed by atoms with Gasteiger partial charge in [-0.25, -0.2) is 0 Å². The van der Waals surface area contributed by atoms with Crippen molar-refractivity contribution in [2.45, 2.75) is 94.7 Å². The Labute approximate surface area is 251 Å². The maximum atomic E-state index is 4.53. The Kier molecular flexibility index (Phi) is 15.4. The van der Waals surface area contributed by atoms with E-state index in [1.165, 1.54) is 39.3 Å². The van der Waals surface area contributed by atoms with Crippen molar-refractivity contribution in [2.24, 2.45) is 22.7 Å². The van der Waals surface area contributed by atoms with E-state index in [9.17, 15) is 0 Å². The first kappa shape index (κ1) is 35.6. The number of rotatable bonds is 10. The summed E-state index contributed by atoms with van der Waals surface area (Å²) >= 11 is 1.68. The first-order chi connectivity index (χ1) is 18.8. The molecule has 0 amide bonds. The Morgan fingerprint density at radius 2 is 1.68 bits per heavy atom. The van der Waals surface area contributed by atoms with Crippen LogP contribution in [0, 0.1) is 17.8 Å². The number of hydrogen-bond donors (Lipinski definition) is 1. The topological polar surface area (TPSA) is 27.6 Å². The van der Waals surface area contributed by atoms with Gasteiger partial charge in [-0.15, -0.1) is 0 Å². The molecule has 4 atom stereocenters. The largest absolute Gasteiger partial charge is 0.383 e. The Morgan fingerprint density at radius 1 is 1.07 bits per heavy atom. The van der Waals surface area contributed by atoms with Crippen molar-refractivity contribution in [3.8, 4) is 0 Å². The second kappa shape index (κ2) is 17.4. The third kappa shape index (κ3) is 10.5. The summed E-state index contributed by atoms with van der Waals surface area (Å²) in [5.41, 5.74) is 8.73. The molecule has 0 bridgehead atoms. The zero-order valence-corrected chi connectivity index (χ0v) is 28.2. The standard InChI is InChI=1S/C17H28N2.C17H23NS.C2H6/c1-11(2)17(16-8-13(4)18-9-16)15(6)19-10-12(3)7-14(19)5;1-7-19-17(12(2)3)16-10-8-15(9-11-16)14(6)18-13(4)5;1-2/h8,11-12,14,17H,6-7,9-10H2,1-5H3;7-11,14,18H,1,4H2,2-3,5-6H3;1-2H3/t12-,14?,17?;;/m1../s1. The first-order valence-electron chi connectivity index (χ1n) is 15.0. The molecule has 2 aliphatic rings. The van der Waals surface area contributed by atoms with Crippen LogP contribution < -0.4 is 5.32 Å². The van der Waals surface area contributed by atoms with Crippen LogP contribution in [0.2, 0.25) is 0 Å². The lowest BCUT2D eigenvalue weighted by Gasteiger charge is -2.34. The number of hydrogen-bond acceptors (Lipinski definition) is 4. The molecule has 3 nitrogen and oxygen atoms in total. The van der Waals surface area contributed by atoms with Gasteiger partial charge >= 0.3 is 0 Å². The molecule has 2 aliphatic heterocycles. The van der Waals surface area contributed by atoms with Crippen molar-refractivity contribution < 1.29 is 0 Å². The molecule has 1 fully saturated rings. The molecular formula is C36H57N3S. The van der Waals surface area contributed by atoms with Crippen molar-refractivity contribution in [2.75, 3.05) is 13.1 Å². The summed E-state index contributed by atoms with van der Waals surface area (Å²) in [5, 5.41) is 5.20. The van der Waals surface area contributed by atoms with Crippen molar-refractivity contribution in [3.05, 3.63) is 89.2 Å². The van der Waals surface area contributed by atoms with Crippen LogP contribution in [0.4, 0.5) is 0 Å². The van der Waals surface area contributed by atoms with Gasteiger partial charge in [0.25, 0.3) is 0 Å². The Hall–Kier alpha value is -2.46. The Bertz CT molecular complexity index is 1070. The fraction of sp³-hybridized carbons (Fsp3) is 0.528. The zero-order chi connectivity index (χ0) is 30.6. The summed E-state index contributed by atoms with van der Waals surface area (Å²) in [6.45, 7) is 37.9. The van der Waals surface area contributed by atoms with Gasteiger partial charge in [-0.05, 0) is 88.0 Å². The highest BCUT2D eigenvalue weighted by Crippen LogP contribution is 2.36. The van der Waals surface area contributed by atoms with Crippen molar-refractivity contribution in [1.29, 1.82) is 0 Å². The Morgan fingerprint density at radius 3 is 2.08 bits per heavy atom. The van der Waals surface area contributed by atoms with Crippen LogP contribution in [0.15, 0.2) is 83.0 Å². The quantitative estimate of drug-likeness (QED) is 0.307. The second-order valence-corrected chi connectivity index (χ2v) is 12.6. The fourth-order valence-electron chi connectivity index (χ4n) is 5.60. The molecule has 4 heteroatoms. The minimum atomic E-state index is 0.286. The molecule has 1 N–H and O–H groups in total. The van der Waals surface area contributed by atoms with E-state index in [1.807, 2.05) is 26.2 Å². The van der Waals surface area contributed by atoms with Crippen LogP contribution in [0.25, 0.3) is 4.91 Å². The van der Waals surface area contributed by atoms with E-state index in [0.717, 1.165) is 30.4 Å². The van der Waals surface area contributed by atoms with E-state index in [0.29, 0.717) is 17.9 Å². The average molecular weight is 564 g/mol. The van der Waals surface area contributed by atoms with Gasteiger partial charge in [0.05, 0.1) is 6.54 Å². The molecule has 3 rings (SSSR count). The highest BCUT2D eigenvalue weighted by molar-refractivity contribution is 8.10. The van der Waals surface area contributed by atoms with Gasteiger partial charge in [-0.1, -0.05) is 96.0 Å². The normalized spacial score (nSPS) is 19.2. The predicted octanol–water partition coefficient (Wildman–Crippen LogP) is 10.4. The van der Waals surface area contributed by atoms with Crippen LogP contribution in [-0.4, -0.2) is 29.7 Å². The summed E-state index contributed by atoms with van der Waals surface area (Å²) in [4.78, 5) is 8.34. The lowest BCUT2D eigenvalue weighted by Crippen LogP contribution is -2.32. The smallest absolute Gasteiger partial charge is 0.0613 e. The van der Waals surface area contributed by atoms with Gasteiger partial charge in [0.2, 0.25) is 0 Å². The minimum Gasteiger partial charge on any atom is -0.383 e. The van der Waals surface area contributed by atoms with Crippen LogP contribution in [-0.2, 0) is 0 Å². The first-order valence-corrected chi connectivity index (χ1v) is 15.9. The highest BCUT2D eigenvalue weighted by atomic mass is 32.2. The molecule has 0 aliphatic carbocycles. The van der Waals surface area contributed by atoms with Gasteiger partial charge in [0.1, 0.15) is 0 Å². The summed E-state index contributed by atoms with van der Waals surface area (Å²) < 4.78 is 0. The van der Waals surface area contributed by atoms with Gasteiger partial charge in [0, 0.05) is 46.6 Å². The molecule has 1 aromatic rings. The van der Waals surface area contributed by atoms with Crippen molar-refractivity contribution in [3.63, 3.8) is 0 Å². The van der Waals surface area contributed by atoms with E-state index < -0.39 is 0 Å². The van der Waals surface area contributed by atoms with E-state index in [-0.39, 0.29) is 6.04 Å². The fourth-order valence-corrected chi connectivity index (χ4v) is 6.28. The average Bonchev–Trinajstić information content (AvgIpc) is 3.47. The van der Waals surface area contributed by atoms with Crippen LogP contribution in [0.3, 0.4) is 0 Å². The Balaban J connectivity index is 0.000000377. The van der Waals surface area contributed by atoms with Gasteiger partial charge < -0.3 is 10.2 Å². The molecule has 3 unspecified atom stereocenters. The summed E-state index contributed by atoms with van der Waals surface area (Å²) in [6.07, 6.45) is 3.55. The zero-order valence-electron chi connectivity index (χ0n) is 27.4. The van der Waals surface area contributed by atoms with Gasteiger partial charge in [0.15, 0.2) is 0 Å². The molecule has 0 aromatic heterocycles. The van der Waals surface area contributed by atoms with Crippen LogP contribution in [0.1, 0.15) is 99.8 Å². The number of benzene rings is 1. The number of thioether (sulfide) groups is 1. The van der Waals surface area contributed by atoms with E-state index in [4.69, 9.17) is 0 Å². The van der Waals surface area contributed by atoms with Gasteiger partial charge in [-0.3, -0.25) is 4.99 Å². The third-order valence-electron chi connectivity index (χ3n) is 7.27. The number of allylic oxidation sites excluding steroid dienone is 4. The maximum absolute atomic E-state index is 4.53. The predicted molar refractivity (Wildman–Crippen MR) is 184 cm³/mol. The molecule has 1 saturated heterocycles. The summed E-state index contributed by atoms with van der Waals surface area (Å²) in [7, 11) is 0. The highest BCUT2D eigenvalue weighted by Gasteiger charge is 2.33. The molecule has 0 saturated carbocycles. The van der Waals surface area contributed by atoms with Crippen molar-refractivity contribution in [1.82, 2.24) is 10.2 Å². The monoisotopic (exact) mass is 563 g/mol. The van der Waals surface area contributed by atoms with E-state index >= 15 is 0 Å². The minimum absolute atomic E-state index is 0.286. The molecular weight excluding hydrogens is 506 g/mol. The summed E-state index contributed by atoms with van der Waals surface area (Å²) in [5.74, 6) is 1.83. The SMILES string of the molecule is C=C(C(C1=CC(C)=NC1)C(C)C)N1C[C@H](C)CC1C.C=CSC(=C(C)C)c1ccc(C(C)NC(=C)C)cc1.CC. The van der Waals surface area contributed by atoms with Crippen molar-refractivity contribution >= 4 is 22.4 Å². The van der Waals surface area contributed by atoms with Gasteiger partial charge in [-0.2, -0.15) is 0 Å². The number of nitrogens with zero attached hydrogens (tertiary/aromatic N) is 2. The lowest BCUT2D eigenvalue weighted by molar-refractivity contribution is 0.282. The number of aliphatic imine (C=N–C) groups is 1.